The van der Waals surface area contributed by atoms with Crippen LogP contribution in [0.2, 0.25) is 0 Å². The Balaban J connectivity index is 2.01. The summed E-state index contributed by atoms with van der Waals surface area (Å²) in [6, 6.07) is 0. The Kier molecular flexibility index (Phi) is 2.76. The maximum atomic E-state index is 11.1. The number of hydrogen-bond donors (Lipinski definition) is 0. The van der Waals surface area contributed by atoms with E-state index in [-0.39, 0.29) is 12.1 Å². The smallest absolute Gasteiger partial charge is 0.330 e. The van der Waals surface area contributed by atoms with E-state index >= 15 is 0 Å². The van der Waals surface area contributed by atoms with Crippen LogP contribution >= 0.6 is 0 Å². The minimum absolute atomic E-state index is 0.157. The van der Waals surface area contributed by atoms with Crippen molar-refractivity contribution in [2.24, 2.45) is 17.8 Å². The van der Waals surface area contributed by atoms with Crippen LogP contribution in [0.25, 0.3) is 0 Å². The predicted octanol–water partition coefficient (Wildman–Crippen LogP) is 2.48. The van der Waals surface area contributed by atoms with E-state index in [0.29, 0.717) is 17.8 Å². The van der Waals surface area contributed by atoms with Crippen LogP contribution in [0.1, 0.15) is 12.8 Å². The third-order valence-corrected chi connectivity index (χ3v) is 3.40. The zero-order valence-corrected chi connectivity index (χ0v) is 8.76. The average Bonchev–Trinajstić information content (AvgIpc) is 2.86. The van der Waals surface area contributed by atoms with Gasteiger partial charge in [-0.2, -0.15) is 0 Å². The normalized spacial score (nSPS) is 33.7. The molecule has 0 spiro atoms. The lowest BCUT2D eigenvalue weighted by molar-refractivity contribution is -0.143. The van der Waals surface area contributed by atoms with Gasteiger partial charge in [-0.3, -0.25) is 0 Å². The maximum Gasteiger partial charge on any atom is 0.330 e. The maximum absolute atomic E-state index is 11.1. The predicted molar refractivity (Wildman–Crippen MR) is 59.1 cm³/mol. The summed E-state index contributed by atoms with van der Waals surface area (Å²) >= 11 is 0. The number of carbonyl (C=O) groups is 1. The quantitative estimate of drug-likeness (QED) is 0.399. The van der Waals surface area contributed by atoms with E-state index in [2.05, 4.69) is 25.3 Å². The molecule has 0 N–H and O–H groups in total. The van der Waals surface area contributed by atoms with Gasteiger partial charge in [0.25, 0.3) is 0 Å². The van der Waals surface area contributed by atoms with Gasteiger partial charge in [-0.1, -0.05) is 31.4 Å². The minimum Gasteiger partial charge on any atom is -0.455 e. The third kappa shape index (κ3) is 1.89. The van der Waals surface area contributed by atoms with Crippen molar-refractivity contribution in [2.45, 2.75) is 18.9 Å². The molecule has 0 aromatic carbocycles. The summed E-state index contributed by atoms with van der Waals surface area (Å²) in [7, 11) is 0. The van der Waals surface area contributed by atoms with E-state index in [1.54, 1.807) is 6.08 Å². The lowest BCUT2D eigenvalue weighted by Crippen LogP contribution is -2.27. The Morgan fingerprint density at radius 2 is 2.20 bits per heavy atom. The second-order valence-corrected chi connectivity index (χ2v) is 4.29. The number of allylic oxidation sites excluding steroid dienone is 2. The molecule has 0 aliphatic heterocycles. The highest BCUT2D eigenvalue weighted by molar-refractivity contribution is 5.81. The van der Waals surface area contributed by atoms with Gasteiger partial charge in [0.2, 0.25) is 0 Å². The van der Waals surface area contributed by atoms with Gasteiger partial charge in [0.05, 0.1) is 0 Å². The second-order valence-electron chi connectivity index (χ2n) is 4.29. The monoisotopic (exact) mass is 204 g/mol. The molecule has 0 amide bonds. The fourth-order valence-electron chi connectivity index (χ4n) is 2.69. The summed E-state index contributed by atoms with van der Waals surface area (Å²) in [5.41, 5.74) is 0. The first-order valence-electron chi connectivity index (χ1n) is 5.38. The summed E-state index contributed by atoms with van der Waals surface area (Å²) in [5, 5.41) is 0. The van der Waals surface area contributed by atoms with Gasteiger partial charge in [0.15, 0.2) is 0 Å². The van der Waals surface area contributed by atoms with Crippen molar-refractivity contribution in [1.29, 1.82) is 0 Å². The minimum atomic E-state index is -0.355. The Morgan fingerprint density at radius 1 is 1.40 bits per heavy atom. The molecule has 15 heavy (non-hydrogen) atoms. The topological polar surface area (TPSA) is 26.3 Å². The molecule has 2 heteroatoms. The molecule has 80 valence electrons. The number of hydrogen-bond acceptors (Lipinski definition) is 2. The average molecular weight is 204 g/mol. The zero-order chi connectivity index (χ0) is 10.8. The molecule has 2 aliphatic carbocycles. The SMILES string of the molecule is C=CC(=O)OC(C=C)C1CC2C=CC1C2. The van der Waals surface area contributed by atoms with Crippen LogP contribution in [0.4, 0.5) is 0 Å². The van der Waals surface area contributed by atoms with Crippen LogP contribution < -0.4 is 0 Å². The van der Waals surface area contributed by atoms with Gasteiger partial charge >= 0.3 is 5.97 Å². The van der Waals surface area contributed by atoms with Gasteiger partial charge in [-0.15, -0.1) is 0 Å². The fraction of sp³-hybridized carbons (Fsp3) is 0.462. The second kappa shape index (κ2) is 4.05. The first-order valence-corrected chi connectivity index (χ1v) is 5.38. The molecule has 0 aromatic heterocycles. The van der Waals surface area contributed by atoms with E-state index in [1.807, 2.05) is 0 Å². The van der Waals surface area contributed by atoms with Gasteiger partial charge in [-0.25, -0.2) is 4.79 Å². The summed E-state index contributed by atoms with van der Waals surface area (Å²) in [4.78, 5) is 11.1. The molecule has 4 atom stereocenters. The highest BCUT2D eigenvalue weighted by atomic mass is 16.5. The van der Waals surface area contributed by atoms with Crippen LogP contribution in [0, 0.1) is 17.8 Å². The van der Waals surface area contributed by atoms with Gasteiger partial charge in [0.1, 0.15) is 6.10 Å². The lowest BCUT2D eigenvalue weighted by Gasteiger charge is -2.25. The Morgan fingerprint density at radius 3 is 2.67 bits per heavy atom. The molecule has 2 nitrogen and oxygen atoms in total. The largest absolute Gasteiger partial charge is 0.455 e. The zero-order valence-electron chi connectivity index (χ0n) is 8.76. The molecular weight excluding hydrogens is 188 g/mol. The molecule has 0 saturated heterocycles. The molecule has 0 radical (unpaired) electrons. The molecule has 2 rings (SSSR count). The Labute approximate surface area is 90.3 Å². The van der Waals surface area contributed by atoms with Crippen LogP contribution in [0.3, 0.4) is 0 Å². The molecule has 4 unspecified atom stereocenters. The van der Waals surface area contributed by atoms with Crippen LogP contribution in [-0.2, 0) is 9.53 Å². The lowest BCUT2D eigenvalue weighted by atomic mass is 9.88. The highest BCUT2D eigenvalue weighted by Crippen LogP contribution is 2.45. The fourth-order valence-corrected chi connectivity index (χ4v) is 2.69. The summed E-state index contributed by atoms with van der Waals surface area (Å²) in [6.07, 6.45) is 9.63. The number of fused-ring (bicyclic) bond motifs is 2. The molecular formula is C13H16O2. The van der Waals surface area contributed by atoms with Crippen molar-refractivity contribution in [3.05, 3.63) is 37.5 Å². The highest BCUT2D eigenvalue weighted by Gasteiger charge is 2.40. The molecule has 1 fully saturated rings. The number of carbonyl (C=O) groups excluding carboxylic acids is 1. The number of esters is 1. The Hall–Kier alpha value is -1.31. The van der Waals surface area contributed by atoms with E-state index in [1.165, 1.54) is 12.5 Å². The van der Waals surface area contributed by atoms with E-state index in [4.69, 9.17) is 4.74 Å². The van der Waals surface area contributed by atoms with Crippen LogP contribution in [0.5, 0.6) is 0 Å². The molecule has 2 aliphatic rings. The molecule has 1 saturated carbocycles. The van der Waals surface area contributed by atoms with Crippen molar-refractivity contribution in [2.75, 3.05) is 0 Å². The van der Waals surface area contributed by atoms with Crippen molar-refractivity contribution >= 4 is 5.97 Å². The van der Waals surface area contributed by atoms with E-state index < -0.39 is 0 Å². The summed E-state index contributed by atoms with van der Waals surface area (Å²) in [6.45, 7) is 7.14. The van der Waals surface area contributed by atoms with Gasteiger partial charge < -0.3 is 4.74 Å². The standard InChI is InChI=1S/C13H16O2/c1-3-12(15-13(14)4-2)11-8-9-5-6-10(11)7-9/h3-6,9-12H,1-2,7-8H2. The van der Waals surface area contributed by atoms with Crippen molar-refractivity contribution in [1.82, 2.24) is 0 Å². The molecule has 0 aromatic rings. The molecule has 2 bridgehead atoms. The van der Waals surface area contributed by atoms with Crippen molar-refractivity contribution in [3.8, 4) is 0 Å². The van der Waals surface area contributed by atoms with Crippen LogP contribution in [0.15, 0.2) is 37.5 Å². The Bertz CT molecular complexity index is 316. The van der Waals surface area contributed by atoms with Crippen molar-refractivity contribution < 1.29 is 9.53 Å². The first kappa shape index (κ1) is 10.2. The van der Waals surface area contributed by atoms with Gasteiger partial charge in [-0.05, 0) is 24.7 Å². The number of ether oxygens (including phenoxy) is 1. The van der Waals surface area contributed by atoms with Crippen molar-refractivity contribution in [3.63, 3.8) is 0 Å². The first-order chi connectivity index (χ1) is 7.24. The van der Waals surface area contributed by atoms with E-state index in [9.17, 15) is 4.79 Å². The number of rotatable bonds is 4. The van der Waals surface area contributed by atoms with Crippen LogP contribution in [-0.4, -0.2) is 12.1 Å². The summed E-state index contributed by atoms with van der Waals surface area (Å²) in [5.74, 6) is 1.31. The molecule has 0 heterocycles. The van der Waals surface area contributed by atoms with Gasteiger partial charge in [0, 0.05) is 12.0 Å². The summed E-state index contributed by atoms with van der Waals surface area (Å²) < 4.78 is 5.28. The van der Waals surface area contributed by atoms with E-state index in [0.717, 1.165) is 6.42 Å². The third-order valence-electron chi connectivity index (χ3n) is 3.40.